The van der Waals surface area contributed by atoms with Gasteiger partial charge in [0.05, 0.1) is 17.8 Å². The number of anilines is 1. The van der Waals surface area contributed by atoms with Crippen LogP contribution >= 0.6 is 0 Å². The van der Waals surface area contributed by atoms with E-state index < -0.39 is 16.9 Å². The Kier molecular flexibility index (Phi) is 4.24. The van der Waals surface area contributed by atoms with Gasteiger partial charge in [-0.2, -0.15) is 25.6 Å². The number of rotatable bonds is 5. The molecule has 2 aromatic heterocycles. The molecule has 2 heterocycles. The molecule has 166 valence electrons. The average Bonchev–Trinajstić information content (AvgIpc) is 3.12. The number of aromatic nitrogens is 4. The minimum atomic E-state index is -3.15. The van der Waals surface area contributed by atoms with Gasteiger partial charge in [0.15, 0.2) is 5.65 Å². The van der Waals surface area contributed by atoms with E-state index in [2.05, 4.69) is 25.5 Å². The zero-order valence-corrected chi connectivity index (χ0v) is 18.1. The van der Waals surface area contributed by atoms with Crippen LogP contribution in [0.4, 0.5) is 14.7 Å². The summed E-state index contributed by atoms with van der Waals surface area (Å²) in [4.78, 5) is 8.73. The van der Waals surface area contributed by atoms with Gasteiger partial charge in [0.25, 0.3) is 5.92 Å². The lowest BCUT2D eigenvalue weighted by atomic mass is 9.37. The number of hydrogen-bond acceptors (Lipinski definition) is 7. The van der Waals surface area contributed by atoms with Crippen LogP contribution in [0.5, 0.6) is 11.6 Å². The number of allylic oxidation sites excluding steroid dienone is 1. The zero-order chi connectivity index (χ0) is 23.6. The van der Waals surface area contributed by atoms with E-state index in [0.29, 0.717) is 22.5 Å². The number of aromatic amines is 1. The molecule has 3 fully saturated rings. The number of hydrogen-bond donors (Lipinski definition) is 2. The summed E-state index contributed by atoms with van der Waals surface area (Å²) in [6.07, 6.45) is 3.18. The molecule has 2 N–H and O–H groups in total. The molecule has 33 heavy (non-hydrogen) atoms. The molecule has 6 rings (SSSR count). The maximum absolute atomic E-state index is 14.6. The van der Waals surface area contributed by atoms with Crippen molar-refractivity contribution in [3.8, 4) is 23.8 Å². The topological polar surface area (TPSA) is 123 Å². The smallest absolute Gasteiger partial charge is 0.289 e. The summed E-state index contributed by atoms with van der Waals surface area (Å²) < 4.78 is 35.3. The summed E-state index contributed by atoms with van der Waals surface area (Å²) in [6, 6.07) is 7.47. The Morgan fingerprint density at radius 2 is 1.85 bits per heavy atom. The average molecular weight is 447 g/mol. The number of nitrogens with one attached hydrogen (secondary N) is 2. The number of fused-ring (bicyclic) bond motifs is 1. The summed E-state index contributed by atoms with van der Waals surface area (Å²) >= 11 is 0. The minimum Gasteiger partial charge on any atom is -0.437 e. The van der Waals surface area contributed by atoms with Crippen LogP contribution in [-0.2, 0) is 0 Å². The van der Waals surface area contributed by atoms with Crippen molar-refractivity contribution in [1.82, 2.24) is 20.2 Å². The van der Waals surface area contributed by atoms with Gasteiger partial charge in [-0.15, -0.1) is 0 Å². The van der Waals surface area contributed by atoms with E-state index in [9.17, 15) is 8.78 Å². The van der Waals surface area contributed by atoms with Crippen LogP contribution in [0.15, 0.2) is 18.2 Å². The fraction of sp³-hybridized carbons (Fsp3) is 0.348. The Bertz CT molecular complexity index is 1400. The summed E-state index contributed by atoms with van der Waals surface area (Å²) in [7, 11) is 0. The summed E-state index contributed by atoms with van der Waals surface area (Å²) in [5.74, 6) is -2.42. The molecule has 0 atom stereocenters. The fourth-order valence-electron chi connectivity index (χ4n) is 4.84. The van der Waals surface area contributed by atoms with Gasteiger partial charge in [-0.1, -0.05) is 0 Å². The number of alkyl halides is 2. The van der Waals surface area contributed by atoms with E-state index in [1.807, 2.05) is 32.0 Å². The molecular weight excluding hydrogens is 428 g/mol. The maximum Gasteiger partial charge on any atom is 0.289 e. The first-order chi connectivity index (χ1) is 15.6. The van der Waals surface area contributed by atoms with E-state index in [0.717, 1.165) is 16.7 Å². The van der Waals surface area contributed by atoms with Gasteiger partial charge in [-0.05, 0) is 55.7 Å². The molecule has 3 saturated carbocycles. The fourth-order valence-corrected chi connectivity index (χ4v) is 4.84. The first-order valence-electron chi connectivity index (χ1n) is 10.3. The quantitative estimate of drug-likeness (QED) is 0.543. The molecule has 0 amide bonds. The second-order valence-electron chi connectivity index (χ2n) is 8.76. The van der Waals surface area contributed by atoms with Gasteiger partial charge >= 0.3 is 0 Å². The predicted molar refractivity (Wildman–Crippen MR) is 116 cm³/mol. The largest absolute Gasteiger partial charge is 0.437 e. The first kappa shape index (κ1) is 20.8. The third kappa shape index (κ3) is 2.74. The molecule has 0 radical (unpaired) electrons. The van der Waals surface area contributed by atoms with Crippen LogP contribution in [0.25, 0.3) is 17.1 Å². The van der Waals surface area contributed by atoms with Crippen LogP contribution in [0.2, 0.25) is 0 Å². The summed E-state index contributed by atoms with van der Waals surface area (Å²) in [5, 5.41) is 28.2. The lowest BCUT2D eigenvalue weighted by molar-refractivity contribution is -0.324. The molecule has 1 aromatic carbocycles. The van der Waals surface area contributed by atoms with Crippen molar-refractivity contribution >= 4 is 23.1 Å². The van der Waals surface area contributed by atoms with Crippen LogP contribution in [0.1, 0.15) is 35.2 Å². The number of aryl methyl sites for hydroxylation is 3. The third-order valence-corrected chi connectivity index (χ3v) is 6.57. The lowest BCUT2D eigenvalue weighted by Crippen LogP contribution is -2.86. The van der Waals surface area contributed by atoms with Crippen molar-refractivity contribution in [2.24, 2.45) is 5.41 Å². The second kappa shape index (κ2) is 6.72. The number of benzene rings is 1. The Labute approximate surface area is 187 Å². The van der Waals surface area contributed by atoms with E-state index in [-0.39, 0.29) is 24.7 Å². The normalized spacial score (nSPS) is 24.6. The molecule has 3 aliphatic carbocycles. The van der Waals surface area contributed by atoms with Crippen LogP contribution < -0.4 is 10.1 Å². The monoisotopic (exact) mass is 447 g/mol. The van der Waals surface area contributed by atoms with Crippen molar-refractivity contribution in [1.29, 1.82) is 10.5 Å². The molecule has 0 unspecified atom stereocenters. The van der Waals surface area contributed by atoms with Crippen LogP contribution in [0.3, 0.4) is 0 Å². The highest BCUT2D eigenvalue weighted by atomic mass is 19.3. The second-order valence-corrected chi connectivity index (χ2v) is 8.76. The molecule has 10 heteroatoms. The van der Waals surface area contributed by atoms with Crippen LogP contribution in [0, 0.1) is 48.8 Å². The highest BCUT2D eigenvalue weighted by molar-refractivity contribution is 5.84. The van der Waals surface area contributed by atoms with Crippen LogP contribution in [-0.4, -0.2) is 31.6 Å². The zero-order valence-electron chi connectivity index (χ0n) is 18.1. The molecule has 0 saturated heterocycles. The Hall–Kier alpha value is -4.05. The molecule has 2 bridgehead atoms. The number of ether oxygens (including phenoxy) is 1. The van der Waals surface area contributed by atoms with E-state index in [4.69, 9.17) is 15.3 Å². The maximum atomic E-state index is 14.6. The van der Waals surface area contributed by atoms with Crippen molar-refractivity contribution in [2.45, 2.75) is 45.1 Å². The Morgan fingerprint density at radius 1 is 1.15 bits per heavy atom. The lowest BCUT2D eigenvalue weighted by Gasteiger charge is -2.71. The molecule has 0 spiro atoms. The third-order valence-electron chi connectivity index (χ3n) is 6.57. The van der Waals surface area contributed by atoms with Gasteiger partial charge < -0.3 is 10.1 Å². The highest BCUT2D eigenvalue weighted by Gasteiger charge is 2.90. The van der Waals surface area contributed by atoms with Crippen molar-refractivity contribution in [3.63, 3.8) is 0 Å². The number of halogens is 2. The Morgan fingerprint density at radius 3 is 2.45 bits per heavy atom. The van der Waals surface area contributed by atoms with Gasteiger partial charge in [0, 0.05) is 18.9 Å². The van der Waals surface area contributed by atoms with Gasteiger partial charge in [-0.3, -0.25) is 5.10 Å². The molecule has 3 aromatic rings. The number of nitrogens with zero attached hydrogens (tertiary/aromatic N) is 5. The predicted octanol–water partition coefficient (Wildman–Crippen LogP) is 4.71. The SMILES string of the molecule is Cc1cc(/C=C/C#N)cc(C)c1Oc1nc(NC23CC(C#N)(C2)C3(F)F)nc2[nH]nc(C)c12. The minimum absolute atomic E-state index is 0.0176. The molecular formula is C23H19F2N7O. The number of nitriles is 2. The first-order valence-corrected chi connectivity index (χ1v) is 10.3. The van der Waals surface area contributed by atoms with E-state index in [1.54, 1.807) is 19.1 Å². The van der Waals surface area contributed by atoms with E-state index >= 15 is 0 Å². The van der Waals surface area contributed by atoms with Gasteiger partial charge in [0.2, 0.25) is 11.8 Å². The molecule has 0 aliphatic heterocycles. The van der Waals surface area contributed by atoms with Crippen molar-refractivity contribution in [2.75, 3.05) is 5.32 Å². The standard InChI is InChI=1S/C23H19F2N7O/c1-12-7-15(5-4-6-26)8-13(2)17(12)33-19-16-14(3)31-32-18(16)28-20(29-19)30-22-9-21(10-22,11-27)23(22,24)25/h4-5,7-8H,9-10H2,1-3H3,(H2,28,29,30,31,32)/b5-4+. The van der Waals surface area contributed by atoms with Gasteiger partial charge in [-0.25, -0.2) is 8.78 Å². The number of H-pyrrole nitrogens is 1. The van der Waals surface area contributed by atoms with Crippen molar-refractivity contribution in [3.05, 3.63) is 40.6 Å². The van der Waals surface area contributed by atoms with E-state index in [1.165, 1.54) is 6.08 Å². The Balaban J connectivity index is 1.52. The summed E-state index contributed by atoms with van der Waals surface area (Å²) in [6.45, 7) is 5.51. The summed E-state index contributed by atoms with van der Waals surface area (Å²) in [5.41, 5.74) is 0.330. The van der Waals surface area contributed by atoms with Gasteiger partial charge in [0.1, 0.15) is 22.1 Å². The highest BCUT2D eigenvalue weighted by Crippen LogP contribution is 2.76. The van der Waals surface area contributed by atoms with Crippen molar-refractivity contribution < 1.29 is 13.5 Å². The molecule has 3 aliphatic rings. The molecule has 8 nitrogen and oxygen atoms in total.